The van der Waals surface area contributed by atoms with Crippen LogP contribution in [0.3, 0.4) is 0 Å². The summed E-state index contributed by atoms with van der Waals surface area (Å²) in [4.78, 5) is 8.22. The molecule has 174 valence electrons. The van der Waals surface area contributed by atoms with Crippen molar-refractivity contribution in [2.45, 2.75) is 56.7 Å². The number of amidine groups is 1. The normalized spacial score (nSPS) is 25.5. The summed E-state index contributed by atoms with van der Waals surface area (Å²) in [6.07, 6.45) is 2.56. The fourth-order valence-electron chi connectivity index (χ4n) is 4.44. The standard InChI is InChI=1S/C23H23F4N5O/c1-21(2)23(26,27)22(3,32-19(29)11-33-21)14-7-18(16(25)8-15(14)24)31-17-5-4-13-6-12(9-28)10-30-20(13)17/h6-8,10,17,31H,4-5,11H2,1-3H3,(H2,29,32)/t17-,22-/m1/s1. The summed E-state index contributed by atoms with van der Waals surface area (Å²) in [5.74, 6) is -6.01. The van der Waals surface area contributed by atoms with Crippen LogP contribution >= 0.6 is 0 Å². The first-order valence-corrected chi connectivity index (χ1v) is 10.4. The molecular weight excluding hydrogens is 438 g/mol. The number of ether oxygens (including phenoxy) is 1. The second-order valence-electron chi connectivity index (χ2n) is 8.98. The Kier molecular flexibility index (Phi) is 5.36. The summed E-state index contributed by atoms with van der Waals surface area (Å²) in [5, 5.41) is 12.0. The highest BCUT2D eigenvalue weighted by Gasteiger charge is 2.64. The summed E-state index contributed by atoms with van der Waals surface area (Å²) in [7, 11) is 0. The van der Waals surface area contributed by atoms with Crippen molar-refractivity contribution in [1.29, 1.82) is 5.26 Å². The lowest BCUT2D eigenvalue weighted by Gasteiger charge is -2.42. The zero-order valence-electron chi connectivity index (χ0n) is 18.3. The largest absolute Gasteiger partial charge is 0.385 e. The molecule has 1 aliphatic heterocycles. The molecule has 1 aromatic carbocycles. The van der Waals surface area contributed by atoms with Crippen molar-refractivity contribution in [2.75, 3.05) is 11.9 Å². The van der Waals surface area contributed by atoms with Gasteiger partial charge in [0.15, 0.2) is 5.54 Å². The Morgan fingerprint density at radius 2 is 1.91 bits per heavy atom. The third-order valence-electron chi connectivity index (χ3n) is 6.39. The SMILES string of the molecule is CC1(C)OCC(N)=N[C@](C)(c2cc(N[C@@H]3CCc4cc(C#N)cnc43)c(F)cc2F)C1(F)F. The number of hydrogen-bond acceptors (Lipinski definition) is 6. The van der Waals surface area contributed by atoms with Crippen LogP contribution in [0.4, 0.5) is 23.2 Å². The van der Waals surface area contributed by atoms with Gasteiger partial charge < -0.3 is 15.8 Å². The molecule has 0 radical (unpaired) electrons. The number of anilines is 1. The van der Waals surface area contributed by atoms with Crippen molar-refractivity contribution in [2.24, 2.45) is 10.7 Å². The Labute approximate surface area is 188 Å². The predicted molar refractivity (Wildman–Crippen MR) is 114 cm³/mol. The number of nitrogens with two attached hydrogens (primary N) is 1. The Hall–Kier alpha value is -3.19. The highest BCUT2D eigenvalue weighted by atomic mass is 19.3. The molecule has 0 spiro atoms. The van der Waals surface area contributed by atoms with Crippen LogP contribution in [0.2, 0.25) is 0 Å². The maximum absolute atomic E-state index is 15.6. The number of rotatable bonds is 3. The number of nitriles is 1. The molecule has 2 heterocycles. The minimum atomic E-state index is -3.69. The highest BCUT2D eigenvalue weighted by molar-refractivity contribution is 5.82. The molecule has 0 amide bonds. The molecule has 6 nitrogen and oxygen atoms in total. The molecule has 0 saturated heterocycles. The first-order chi connectivity index (χ1) is 15.4. The minimum Gasteiger partial charge on any atom is -0.385 e. The van der Waals surface area contributed by atoms with E-state index in [1.165, 1.54) is 20.0 Å². The Bertz CT molecular complexity index is 1190. The molecule has 4 rings (SSSR count). The van der Waals surface area contributed by atoms with E-state index in [1.54, 1.807) is 6.07 Å². The summed E-state index contributed by atoms with van der Waals surface area (Å²) in [5.41, 5.74) is 2.50. The molecule has 33 heavy (non-hydrogen) atoms. The third-order valence-corrected chi connectivity index (χ3v) is 6.39. The van der Waals surface area contributed by atoms with Gasteiger partial charge in [-0.25, -0.2) is 17.6 Å². The number of nitrogens with one attached hydrogen (secondary N) is 1. The van der Waals surface area contributed by atoms with E-state index in [-0.39, 0.29) is 18.1 Å². The fraction of sp³-hybridized carbons (Fsp3) is 0.435. The summed E-state index contributed by atoms with van der Waals surface area (Å²) in [6.45, 7) is 3.07. The average Bonchev–Trinajstić information content (AvgIpc) is 3.13. The van der Waals surface area contributed by atoms with Gasteiger partial charge in [-0.3, -0.25) is 9.98 Å². The maximum atomic E-state index is 15.6. The van der Waals surface area contributed by atoms with E-state index in [0.29, 0.717) is 30.2 Å². The number of halogens is 4. The topological polar surface area (TPSA) is 96.3 Å². The maximum Gasteiger partial charge on any atom is 0.304 e. The molecule has 0 bridgehead atoms. The van der Waals surface area contributed by atoms with E-state index in [4.69, 9.17) is 15.7 Å². The van der Waals surface area contributed by atoms with Crippen LogP contribution in [0.1, 0.15) is 55.6 Å². The smallest absolute Gasteiger partial charge is 0.304 e. The number of fused-ring (bicyclic) bond motifs is 1. The summed E-state index contributed by atoms with van der Waals surface area (Å²) in [6, 6.07) is 4.87. The van der Waals surface area contributed by atoms with Gasteiger partial charge in [0.25, 0.3) is 0 Å². The van der Waals surface area contributed by atoms with Crippen LogP contribution in [0.15, 0.2) is 29.4 Å². The molecule has 2 atom stereocenters. The van der Waals surface area contributed by atoms with E-state index in [1.807, 2.05) is 6.07 Å². The van der Waals surface area contributed by atoms with Gasteiger partial charge in [0.1, 0.15) is 35.7 Å². The van der Waals surface area contributed by atoms with Crippen LogP contribution in [-0.2, 0) is 16.7 Å². The zero-order valence-corrected chi connectivity index (χ0v) is 18.3. The molecule has 10 heteroatoms. The van der Waals surface area contributed by atoms with Gasteiger partial charge in [0.05, 0.1) is 23.0 Å². The van der Waals surface area contributed by atoms with Crippen LogP contribution in [0.5, 0.6) is 0 Å². The van der Waals surface area contributed by atoms with Gasteiger partial charge in [-0.2, -0.15) is 5.26 Å². The quantitative estimate of drug-likeness (QED) is 0.663. The van der Waals surface area contributed by atoms with Crippen molar-refractivity contribution >= 4 is 11.5 Å². The van der Waals surface area contributed by atoms with Crippen molar-refractivity contribution < 1.29 is 22.3 Å². The van der Waals surface area contributed by atoms with E-state index in [0.717, 1.165) is 18.6 Å². The fourth-order valence-corrected chi connectivity index (χ4v) is 4.44. The van der Waals surface area contributed by atoms with E-state index in [9.17, 15) is 8.78 Å². The van der Waals surface area contributed by atoms with E-state index >= 15 is 8.78 Å². The monoisotopic (exact) mass is 461 g/mol. The van der Waals surface area contributed by atoms with Gasteiger partial charge >= 0.3 is 5.92 Å². The second-order valence-corrected chi connectivity index (χ2v) is 8.98. The van der Waals surface area contributed by atoms with Crippen molar-refractivity contribution in [3.63, 3.8) is 0 Å². The molecule has 0 fully saturated rings. The van der Waals surface area contributed by atoms with Gasteiger partial charge in [-0.1, -0.05) is 0 Å². The first-order valence-electron chi connectivity index (χ1n) is 10.4. The average molecular weight is 461 g/mol. The molecule has 0 unspecified atom stereocenters. The predicted octanol–water partition coefficient (Wildman–Crippen LogP) is 4.35. The van der Waals surface area contributed by atoms with Crippen LogP contribution in [-0.4, -0.2) is 29.0 Å². The van der Waals surface area contributed by atoms with Crippen LogP contribution in [0.25, 0.3) is 0 Å². The minimum absolute atomic E-state index is 0.163. The van der Waals surface area contributed by atoms with Crippen molar-refractivity contribution in [3.05, 3.63) is 58.4 Å². The molecule has 1 aromatic heterocycles. The molecule has 2 aliphatic rings. The lowest BCUT2D eigenvalue weighted by Crippen LogP contribution is -2.56. The number of benzene rings is 1. The van der Waals surface area contributed by atoms with Gasteiger partial charge in [0.2, 0.25) is 0 Å². The summed E-state index contributed by atoms with van der Waals surface area (Å²) >= 11 is 0. The number of hydrogen-bond donors (Lipinski definition) is 2. The highest BCUT2D eigenvalue weighted by Crippen LogP contribution is 2.51. The van der Waals surface area contributed by atoms with Crippen molar-refractivity contribution in [1.82, 2.24) is 4.98 Å². The number of alkyl halides is 2. The van der Waals surface area contributed by atoms with Crippen LogP contribution in [0, 0.1) is 23.0 Å². The molecule has 1 aliphatic carbocycles. The molecule has 0 saturated carbocycles. The van der Waals surface area contributed by atoms with Gasteiger partial charge in [-0.15, -0.1) is 0 Å². The Morgan fingerprint density at radius 3 is 2.61 bits per heavy atom. The zero-order chi connectivity index (χ0) is 24.2. The Morgan fingerprint density at radius 1 is 1.18 bits per heavy atom. The number of aromatic nitrogens is 1. The number of aliphatic imine (C=N–C) groups is 1. The molecule has 2 aromatic rings. The van der Waals surface area contributed by atoms with E-state index < -0.39 is 40.3 Å². The van der Waals surface area contributed by atoms with Crippen LogP contribution < -0.4 is 11.1 Å². The van der Waals surface area contributed by atoms with Gasteiger partial charge in [-0.05, 0) is 51.3 Å². The number of aryl methyl sites for hydroxylation is 1. The van der Waals surface area contributed by atoms with Crippen molar-refractivity contribution in [3.8, 4) is 6.07 Å². The number of pyridine rings is 1. The van der Waals surface area contributed by atoms with E-state index in [2.05, 4.69) is 15.3 Å². The number of nitrogens with zero attached hydrogens (tertiary/aromatic N) is 3. The summed E-state index contributed by atoms with van der Waals surface area (Å²) < 4.78 is 66.2. The second kappa shape index (κ2) is 7.70. The Balaban J connectivity index is 1.78. The van der Waals surface area contributed by atoms with Gasteiger partial charge in [0, 0.05) is 17.8 Å². The lowest BCUT2D eigenvalue weighted by atomic mass is 9.78. The molecule has 3 N–H and O–H groups in total. The lowest BCUT2D eigenvalue weighted by molar-refractivity contribution is -0.214. The molecular formula is C23H23F4N5O. The first kappa shape index (κ1) is 23.0. The third kappa shape index (κ3) is 3.60.